The first-order valence-electron chi connectivity index (χ1n) is 4.02. The van der Waals surface area contributed by atoms with E-state index in [-0.39, 0.29) is 22.2 Å². The molecule has 0 aliphatic carbocycles. The third kappa shape index (κ3) is 1.23. The molecule has 4 nitrogen and oxygen atoms in total. The van der Waals surface area contributed by atoms with Crippen molar-refractivity contribution in [2.45, 2.75) is 24.0 Å². The molecule has 0 bridgehead atoms. The van der Waals surface area contributed by atoms with Gasteiger partial charge in [0.05, 0.1) is 11.8 Å². The topological polar surface area (TPSA) is 57.6 Å². The van der Waals surface area contributed by atoms with Gasteiger partial charge in [-0.1, -0.05) is 0 Å². The molecule has 2 aliphatic heterocycles. The van der Waals surface area contributed by atoms with Crippen LogP contribution in [0.15, 0.2) is 11.8 Å². The van der Waals surface area contributed by atoms with Crippen LogP contribution in [0.4, 0.5) is 0 Å². The molecule has 5 heteroatoms. The number of amides is 1. The Bertz CT molecular complexity index is 313. The molecule has 2 rings (SSSR count). The highest BCUT2D eigenvalue weighted by atomic mass is 32.2. The number of rotatable bonds is 1. The molecule has 0 aromatic carbocycles. The largest absolute Gasteiger partial charge is 0.477 e. The summed E-state index contributed by atoms with van der Waals surface area (Å²) >= 11 is 1.63. The predicted octanol–water partition coefficient (Wildman–Crippen LogP) is 0.649. The number of carbonyl (C=O) groups is 2. The number of β-lactam (4-membered cyclic amide) rings is 1. The van der Waals surface area contributed by atoms with Gasteiger partial charge in [0.15, 0.2) is 0 Å². The van der Waals surface area contributed by atoms with Crippen molar-refractivity contribution >= 4 is 23.6 Å². The maximum absolute atomic E-state index is 11.1. The second-order valence-electron chi connectivity index (χ2n) is 3.12. The van der Waals surface area contributed by atoms with Crippen molar-refractivity contribution in [3.63, 3.8) is 0 Å². The molecule has 0 saturated carbocycles. The van der Waals surface area contributed by atoms with E-state index >= 15 is 0 Å². The Morgan fingerprint density at radius 3 is 3.00 bits per heavy atom. The molecule has 0 aromatic heterocycles. The zero-order chi connectivity index (χ0) is 9.59. The smallest absolute Gasteiger partial charge is 0.352 e. The third-order valence-electron chi connectivity index (χ3n) is 2.15. The first kappa shape index (κ1) is 8.62. The van der Waals surface area contributed by atoms with Gasteiger partial charge in [-0.3, -0.25) is 9.69 Å². The second kappa shape index (κ2) is 2.77. The zero-order valence-corrected chi connectivity index (χ0v) is 7.87. The summed E-state index contributed by atoms with van der Waals surface area (Å²) in [5, 5.41) is 9.06. The van der Waals surface area contributed by atoms with Gasteiger partial charge in [-0.25, -0.2) is 4.79 Å². The summed E-state index contributed by atoms with van der Waals surface area (Å²) in [4.78, 5) is 23.2. The number of fused-ring (bicyclic) bond motifs is 1. The van der Waals surface area contributed by atoms with Crippen LogP contribution in [-0.4, -0.2) is 32.5 Å². The van der Waals surface area contributed by atoms with E-state index in [1.807, 2.05) is 6.92 Å². The maximum atomic E-state index is 11.1. The van der Waals surface area contributed by atoms with Crippen LogP contribution >= 0.6 is 11.8 Å². The van der Waals surface area contributed by atoms with Gasteiger partial charge in [0.2, 0.25) is 5.91 Å². The number of aliphatic carboxylic acids is 1. The van der Waals surface area contributed by atoms with Gasteiger partial charge in [-0.15, -0.1) is 11.8 Å². The number of carbonyl (C=O) groups excluding carboxylic acids is 1. The highest BCUT2D eigenvalue weighted by molar-refractivity contribution is 8.00. The van der Waals surface area contributed by atoms with Gasteiger partial charge in [0, 0.05) is 5.25 Å². The number of carboxylic acids is 1. The summed E-state index contributed by atoms with van der Waals surface area (Å²) in [6.07, 6.45) is 2.10. The fourth-order valence-corrected chi connectivity index (χ4v) is 2.84. The minimum atomic E-state index is -1.01. The number of hydrogen-bond donors (Lipinski definition) is 1. The maximum Gasteiger partial charge on any atom is 0.352 e. The van der Waals surface area contributed by atoms with Crippen LogP contribution in [0.3, 0.4) is 0 Å². The number of carboxylic acid groups (broad SMARTS) is 1. The number of thioether (sulfide) groups is 1. The molecule has 1 N–H and O–H groups in total. The van der Waals surface area contributed by atoms with Crippen molar-refractivity contribution in [2.24, 2.45) is 0 Å². The molecule has 1 saturated heterocycles. The first-order valence-corrected chi connectivity index (χ1v) is 4.96. The molecule has 1 unspecified atom stereocenters. The van der Waals surface area contributed by atoms with Crippen molar-refractivity contribution in [3.8, 4) is 0 Å². The molecule has 2 heterocycles. The van der Waals surface area contributed by atoms with Gasteiger partial charge in [0.25, 0.3) is 0 Å². The lowest BCUT2D eigenvalue weighted by Gasteiger charge is -2.43. The normalized spacial score (nSPS) is 31.9. The molecule has 1 amide bonds. The fraction of sp³-hybridized carbons (Fsp3) is 0.500. The monoisotopic (exact) mass is 199 g/mol. The molecule has 13 heavy (non-hydrogen) atoms. The summed E-state index contributed by atoms with van der Waals surface area (Å²) in [5.74, 6) is -1.09. The fourth-order valence-electron chi connectivity index (χ4n) is 1.55. The van der Waals surface area contributed by atoms with Crippen LogP contribution in [0.5, 0.6) is 0 Å². The van der Waals surface area contributed by atoms with E-state index in [1.54, 1.807) is 17.8 Å². The summed E-state index contributed by atoms with van der Waals surface area (Å²) in [6, 6.07) is 0. The average molecular weight is 199 g/mol. The third-order valence-corrected chi connectivity index (χ3v) is 3.41. The van der Waals surface area contributed by atoms with Crippen molar-refractivity contribution < 1.29 is 14.7 Å². The SMILES string of the molecule is CC1C=C(C(=O)O)N2C(=O)C[C@H]2S1. The number of hydrogen-bond acceptors (Lipinski definition) is 3. The van der Waals surface area contributed by atoms with E-state index in [9.17, 15) is 9.59 Å². The van der Waals surface area contributed by atoms with E-state index in [4.69, 9.17) is 5.11 Å². The lowest BCUT2D eigenvalue weighted by Crippen LogP contribution is -2.53. The lowest BCUT2D eigenvalue weighted by atomic mass is 10.1. The predicted molar refractivity (Wildman–Crippen MR) is 48.0 cm³/mol. The van der Waals surface area contributed by atoms with Crippen LogP contribution < -0.4 is 0 Å². The van der Waals surface area contributed by atoms with Crippen LogP contribution in [0, 0.1) is 0 Å². The Kier molecular flexibility index (Phi) is 1.83. The zero-order valence-electron chi connectivity index (χ0n) is 7.06. The molecule has 0 aromatic rings. The number of nitrogens with zero attached hydrogens (tertiary/aromatic N) is 1. The summed E-state index contributed by atoms with van der Waals surface area (Å²) in [5.41, 5.74) is 0.146. The molecule has 2 aliphatic rings. The quantitative estimate of drug-likeness (QED) is 0.630. The Labute approximate surface area is 79.6 Å². The summed E-state index contributed by atoms with van der Waals surface area (Å²) in [7, 11) is 0. The minimum Gasteiger partial charge on any atom is -0.477 e. The van der Waals surface area contributed by atoms with E-state index in [0.29, 0.717) is 6.42 Å². The Morgan fingerprint density at radius 2 is 2.46 bits per heavy atom. The van der Waals surface area contributed by atoms with Crippen LogP contribution in [0.2, 0.25) is 0 Å². The van der Waals surface area contributed by atoms with Gasteiger partial charge < -0.3 is 5.11 Å². The van der Waals surface area contributed by atoms with Crippen LogP contribution in [-0.2, 0) is 9.59 Å². The van der Waals surface area contributed by atoms with E-state index < -0.39 is 5.97 Å². The molecule has 70 valence electrons. The Morgan fingerprint density at radius 1 is 1.77 bits per heavy atom. The van der Waals surface area contributed by atoms with E-state index in [1.165, 1.54) is 4.90 Å². The van der Waals surface area contributed by atoms with E-state index in [2.05, 4.69) is 0 Å². The van der Waals surface area contributed by atoms with Crippen LogP contribution in [0.25, 0.3) is 0 Å². The first-order chi connectivity index (χ1) is 6.09. The van der Waals surface area contributed by atoms with E-state index in [0.717, 1.165) is 0 Å². The molecular formula is C8H9NO3S. The molecule has 2 atom stereocenters. The van der Waals surface area contributed by atoms with Gasteiger partial charge >= 0.3 is 5.97 Å². The minimum absolute atomic E-state index is 0.0543. The second-order valence-corrected chi connectivity index (χ2v) is 4.68. The molecular weight excluding hydrogens is 190 g/mol. The van der Waals surface area contributed by atoms with Crippen molar-refractivity contribution in [1.82, 2.24) is 4.90 Å². The molecule has 0 spiro atoms. The Hall–Kier alpha value is -0.970. The standard InChI is InChI=1S/C8H9NO3S/c1-4-2-5(8(11)12)9-6(10)3-7(9)13-4/h2,4,7H,3H2,1H3,(H,11,12)/t4?,7-/m1/s1. The molecule has 0 radical (unpaired) electrons. The highest BCUT2D eigenvalue weighted by Crippen LogP contribution is 2.40. The molecule has 1 fully saturated rings. The van der Waals surface area contributed by atoms with Crippen molar-refractivity contribution in [2.75, 3.05) is 0 Å². The summed E-state index contributed by atoms with van der Waals surface area (Å²) < 4.78 is 0. The van der Waals surface area contributed by atoms with Crippen molar-refractivity contribution in [1.29, 1.82) is 0 Å². The average Bonchev–Trinajstić information content (AvgIpc) is 2.01. The van der Waals surface area contributed by atoms with Crippen molar-refractivity contribution in [3.05, 3.63) is 11.8 Å². The van der Waals surface area contributed by atoms with Crippen LogP contribution in [0.1, 0.15) is 13.3 Å². The van der Waals surface area contributed by atoms with Gasteiger partial charge in [-0.05, 0) is 13.0 Å². The summed E-state index contributed by atoms with van der Waals surface area (Å²) in [6.45, 7) is 1.94. The highest BCUT2D eigenvalue weighted by Gasteiger charge is 2.44. The van der Waals surface area contributed by atoms with Gasteiger partial charge in [-0.2, -0.15) is 0 Å². The Balaban J connectivity index is 2.30. The lowest BCUT2D eigenvalue weighted by molar-refractivity contribution is -0.146. The van der Waals surface area contributed by atoms with Gasteiger partial charge in [0.1, 0.15) is 5.70 Å².